The molecule has 0 aromatic rings. The quantitative estimate of drug-likeness (QED) is 0.706. The van der Waals surface area contributed by atoms with Crippen molar-refractivity contribution >= 4 is 0 Å². The molecule has 1 fully saturated rings. The molecule has 0 aliphatic carbocycles. The molecule has 0 saturated carbocycles. The average molecular weight is 200 g/mol. The average Bonchev–Trinajstić information content (AvgIpc) is 2.19. The van der Waals surface area contributed by atoms with Crippen LogP contribution in [0.2, 0.25) is 0 Å². The van der Waals surface area contributed by atoms with Crippen molar-refractivity contribution < 1.29 is 5.11 Å². The molecular weight excluding hydrogens is 176 g/mol. The first kappa shape index (κ1) is 12.0. The van der Waals surface area contributed by atoms with E-state index in [2.05, 4.69) is 18.7 Å². The fraction of sp³-hybridized carbons (Fsp3) is 1.00. The summed E-state index contributed by atoms with van der Waals surface area (Å²) in [4.78, 5) is 2.48. The fourth-order valence-electron chi connectivity index (χ4n) is 2.31. The molecule has 0 unspecified atom stereocenters. The van der Waals surface area contributed by atoms with Crippen molar-refractivity contribution in [3.63, 3.8) is 0 Å². The Morgan fingerprint density at radius 3 is 2.29 bits per heavy atom. The normalized spacial score (nSPS) is 22.9. The molecule has 3 N–H and O–H groups in total. The maximum atomic E-state index is 9.42. The van der Waals surface area contributed by atoms with Gasteiger partial charge in [-0.2, -0.15) is 0 Å². The second-order valence-corrected chi connectivity index (χ2v) is 4.83. The van der Waals surface area contributed by atoms with E-state index in [4.69, 9.17) is 5.73 Å². The van der Waals surface area contributed by atoms with Crippen molar-refractivity contribution in [3.8, 4) is 0 Å². The lowest BCUT2D eigenvalue weighted by Gasteiger charge is -2.42. The molecule has 3 nitrogen and oxygen atoms in total. The van der Waals surface area contributed by atoms with Crippen molar-refractivity contribution in [1.29, 1.82) is 0 Å². The van der Waals surface area contributed by atoms with Gasteiger partial charge in [-0.3, -0.25) is 0 Å². The molecule has 1 rings (SSSR count). The van der Waals surface area contributed by atoms with Crippen LogP contribution in [0.5, 0.6) is 0 Å². The van der Waals surface area contributed by atoms with Gasteiger partial charge in [0.25, 0.3) is 0 Å². The van der Waals surface area contributed by atoms with Gasteiger partial charge in [-0.25, -0.2) is 0 Å². The standard InChI is InChI=1S/C11H24N2O/c1-10(2)13-7-4-11(9-14,3-6-12)5-8-13/h10,14H,3-9,12H2,1-2H3. The Kier molecular flexibility index (Phi) is 4.35. The van der Waals surface area contributed by atoms with E-state index >= 15 is 0 Å². The topological polar surface area (TPSA) is 49.5 Å². The van der Waals surface area contributed by atoms with Crippen LogP contribution in [0.1, 0.15) is 33.1 Å². The van der Waals surface area contributed by atoms with E-state index in [9.17, 15) is 5.11 Å². The van der Waals surface area contributed by atoms with Gasteiger partial charge in [-0.1, -0.05) is 0 Å². The summed E-state index contributed by atoms with van der Waals surface area (Å²) in [7, 11) is 0. The number of hydrogen-bond donors (Lipinski definition) is 2. The van der Waals surface area contributed by atoms with Gasteiger partial charge >= 0.3 is 0 Å². The van der Waals surface area contributed by atoms with Crippen LogP contribution in [0.15, 0.2) is 0 Å². The van der Waals surface area contributed by atoms with Crippen molar-refractivity contribution in [2.45, 2.75) is 39.2 Å². The van der Waals surface area contributed by atoms with E-state index in [0.717, 1.165) is 32.4 Å². The third-order valence-corrected chi connectivity index (χ3v) is 3.60. The summed E-state index contributed by atoms with van der Waals surface area (Å²) >= 11 is 0. The lowest BCUT2D eigenvalue weighted by atomic mass is 9.76. The smallest absolute Gasteiger partial charge is 0.0488 e. The van der Waals surface area contributed by atoms with Gasteiger partial charge in [0.1, 0.15) is 0 Å². The van der Waals surface area contributed by atoms with Gasteiger partial charge in [0.15, 0.2) is 0 Å². The van der Waals surface area contributed by atoms with Crippen LogP contribution >= 0.6 is 0 Å². The maximum Gasteiger partial charge on any atom is 0.0488 e. The molecule has 1 aliphatic heterocycles. The minimum absolute atomic E-state index is 0.125. The van der Waals surface area contributed by atoms with E-state index in [1.54, 1.807) is 0 Å². The summed E-state index contributed by atoms with van der Waals surface area (Å²) in [6.45, 7) is 7.68. The second kappa shape index (κ2) is 5.10. The Morgan fingerprint density at radius 1 is 1.36 bits per heavy atom. The number of rotatable bonds is 4. The van der Waals surface area contributed by atoms with E-state index in [0.29, 0.717) is 19.2 Å². The van der Waals surface area contributed by atoms with Crippen LogP contribution in [0.4, 0.5) is 0 Å². The second-order valence-electron chi connectivity index (χ2n) is 4.83. The highest BCUT2D eigenvalue weighted by Crippen LogP contribution is 2.34. The van der Waals surface area contributed by atoms with Gasteiger partial charge in [0.2, 0.25) is 0 Å². The Morgan fingerprint density at radius 2 is 1.93 bits per heavy atom. The maximum absolute atomic E-state index is 9.42. The van der Waals surface area contributed by atoms with E-state index < -0.39 is 0 Å². The zero-order valence-corrected chi connectivity index (χ0v) is 9.50. The summed E-state index contributed by atoms with van der Waals surface area (Å²) in [6, 6.07) is 0.629. The van der Waals surface area contributed by atoms with Gasteiger partial charge < -0.3 is 15.7 Å². The van der Waals surface area contributed by atoms with Gasteiger partial charge in [0.05, 0.1) is 0 Å². The van der Waals surface area contributed by atoms with E-state index in [1.807, 2.05) is 0 Å². The SMILES string of the molecule is CC(C)N1CCC(CO)(CCN)CC1. The Bertz CT molecular complexity index is 163. The molecule has 0 aromatic carbocycles. The number of aliphatic hydroxyl groups is 1. The lowest BCUT2D eigenvalue weighted by Crippen LogP contribution is -2.45. The summed E-state index contributed by atoms with van der Waals surface area (Å²) < 4.78 is 0. The van der Waals surface area contributed by atoms with Crippen molar-refractivity contribution in [2.24, 2.45) is 11.1 Å². The number of hydrogen-bond acceptors (Lipinski definition) is 3. The first-order chi connectivity index (χ1) is 6.63. The molecule has 84 valence electrons. The molecule has 14 heavy (non-hydrogen) atoms. The molecule has 0 atom stereocenters. The molecule has 0 radical (unpaired) electrons. The minimum atomic E-state index is 0.125. The summed E-state index contributed by atoms with van der Waals surface area (Å²) in [5, 5.41) is 9.42. The molecule has 1 saturated heterocycles. The summed E-state index contributed by atoms with van der Waals surface area (Å²) in [5.74, 6) is 0. The number of nitrogens with zero attached hydrogens (tertiary/aromatic N) is 1. The third-order valence-electron chi connectivity index (χ3n) is 3.60. The van der Waals surface area contributed by atoms with E-state index in [-0.39, 0.29) is 5.41 Å². The number of piperidine rings is 1. The molecule has 0 bridgehead atoms. The zero-order chi connectivity index (χ0) is 10.6. The van der Waals surface area contributed by atoms with Crippen molar-refractivity contribution in [1.82, 2.24) is 4.90 Å². The predicted molar refractivity (Wildman–Crippen MR) is 59.1 cm³/mol. The van der Waals surface area contributed by atoms with Crippen molar-refractivity contribution in [2.75, 3.05) is 26.2 Å². The highest BCUT2D eigenvalue weighted by atomic mass is 16.3. The molecule has 1 aliphatic rings. The van der Waals surface area contributed by atoms with Crippen LogP contribution in [-0.2, 0) is 0 Å². The van der Waals surface area contributed by atoms with E-state index in [1.165, 1.54) is 0 Å². The van der Waals surface area contributed by atoms with Gasteiger partial charge in [-0.15, -0.1) is 0 Å². The highest BCUT2D eigenvalue weighted by Gasteiger charge is 2.33. The molecule has 0 amide bonds. The summed E-state index contributed by atoms with van der Waals surface area (Å²) in [6.07, 6.45) is 3.16. The van der Waals surface area contributed by atoms with Gasteiger partial charge in [0, 0.05) is 12.6 Å². The zero-order valence-electron chi connectivity index (χ0n) is 9.50. The molecule has 0 spiro atoms. The van der Waals surface area contributed by atoms with Crippen LogP contribution in [0.3, 0.4) is 0 Å². The van der Waals surface area contributed by atoms with Crippen LogP contribution in [0, 0.1) is 5.41 Å². The van der Waals surface area contributed by atoms with Gasteiger partial charge in [-0.05, 0) is 58.2 Å². The number of nitrogens with two attached hydrogens (primary N) is 1. The van der Waals surface area contributed by atoms with Crippen LogP contribution in [-0.4, -0.2) is 42.3 Å². The predicted octanol–water partition coefficient (Wildman–Crippen LogP) is 0.818. The molecule has 1 heterocycles. The summed E-state index contributed by atoms with van der Waals surface area (Å²) in [5.41, 5.74) is 5.71. The monoisotopic (exact) mass is 200 g/mol. The molecule has 3 heteroatoms. The third kappa shape index (κ3) is 2.69. The van der Waals surface area contributed by atoms with Crippen LogP contribution in [0.25, 0.3) is 0 Å². The Labute approximate surface area is 87.3 Å². The molecule has 0 aromatic heterocycles. The number of aliphatic hydroxyl groups excluding tert-OH is 1. The first-order valence-electron chi connectivity index (χ1n) is 5.68. The number of likely N-dealkylation sites (tertiary alicyclic amines) is 1. The Balaban J connectivity index is 2.46. The largest absolute Gasteiger partial charge is 0.396 e. The molecular formula is C11H24N2O. The first-order valence-corrected chi connectivity index (χ1v) is 5.68. The fourth-order valence-corrected chi connectivity index (χ4v) is 2.31. The van der Waals surface area contributed by atoms with Crippen molar-refractivity contribution in [3.05, 3.63) is 0 Å². The highest BCUT2D eigenvalue weighted by molar-refractivity contribution is 4.86. The minimum Gasteiger partial charge on any atom is -0.396 e. The lowest BCUT2D eigenvalue weighted by molar-refractivity contribution is 0.0284. The van der Waals surface area contributed by atoms with Crippen LogP contribution < -0.4 is 5.73 Å². The Hall–Kier alpha value is -0.120.